The van der Waals surface area contributed by atoms with Crippen molar-refractivity contribution in [1.82, 2.24) is 34.0 Å². The van der Waals surface area contributed by atoms with Crippen LogP contribution in [0.15, 0.2) is 40.2 Å². The zero-order chi connectivity index (χ0) is 21.3. The van der Waals surface area contributed by atoms with E-state index >= 15 is 0 Å². The lowest BCUT2D eigenvalue weighted by Gasteiger charge is -2.35. The van der Waals surface area contributed by atoms with Crippen molar-refractivity contribution in [2.75, 3.05) is 37.6 Å². The zero-order valence-electron chi connectivity index (χ0n) is 17.5. The summed E-state index contributed by atoms with van der Waals surface area (Å²) in [5.74, 6) is 1.36. The van der Waals surface area contributed by atoms with E-state index in [0.717, 1.165) is 44.1 Å². The van der Waals surface area contributed by atoms with Gasteiger partial charge in [0.15, 0.2) is 5.82 Å². The van der Waals surface area contributed by atoms with Gasteiger partial charge in [-0.05, 0) is 26.0 Å². The largest absolute Gasteiger partial charge is 0.354 e. The van der Waals surface area contributed by atoms with Crippen LogP contribution in [-0.2, 0) is 13.6 Å². The standard InChI is InChI=1S/C20H26N8O2/c1-15-12-16(2)28(22-15)17-4-5-19(29)27(23-17)11-8-25-6-9-26(10-7-25)18-13-20(30)24(3)14-21-18/h4-5,12-14H,6-11H2,1-3H3. The molecular formula is C20H26N8O2. The molecule has 0 amide bonds. The van der Waals surface area contributed by atoms with Crippen molar-refractivity contribution >= 4 is 5.82 Å². The quantitative estimate of drug-likeness (QED) is 0.583. The predicted octanol–water partition coefficient (Wildman–Crippen LogP) is -0.0383. The molecule has 0 unspecified atom stereocenters. The molecule has 4 heterocycles. The maximum atomic E-state index is 12.3. The van der Waals surface area contributed by atoms with Crippen LogP contribution >= 0.6 is 0 Å². The number of aryl methyl sites for hydroxylation is 3. The van der Waals surface area contributed by atoms with E-state index in [1.807, 2.05) is 19.9 Å². The molecule has 0 aromatic carbocycles. The Kier molecular flexibility index (Phi) is 5.49. The van der Waals surface area contributed by atoms with Crippen LogP contribution in [-0.4, -0.2) is 66.7 Å². The predicted molar refractivity (Wildman–Crippen MR) is 113 cm³/mol. The van der Waals surface area contributed by atoms with Crippen LogP contribution in [0.25, 0.3) is 5.82 Å². The average Bonchev–Trinajstić information content (AvgIpc) is 3.08. The first-order chi connectivity index (χ1) is 14.4. The molecule has 1 fully saturated rings. The van der Waals surface area contributed by atoms with Gasteiger partial charge in [0.1, 0.15) is 5.82 Å². The highest BCUT2D eigenvalue weighted by Gasteiger charge is 2.18. The Morgan fingerprint density at radius 1 is 0.900 bits per heavy atom. The van der Waals surface area contributed by atoms with Gasteiger partial charge in [-0.3, -0.25) is 14.5 Å². The van der Waals surface area contributed by atoms with Crippen LogP contribution in [0, 0.1) is 13.8 Å². The highest BCUT2D eigenvalue weighted by molar-refractivity contribution is 5.37. The lowest BCUT2D eigenvalue weighted by molar-refractivity contribution is 0.242. The monoisotopic (exact) mass is 410 g/mol. The Bertz CT molecular complexity index is 1150. The second-order valence-corrected chi connectivity index (χ2v) is 7.62. The van der Waals surface area contributed by atoms with Gasteiger partial charge >= 0.3 is 0 Å². The van der Waals surface area contributed by atoms with E-state index in [2.05, 4.69) is 25.0 Å². The highest BCUT2D eigenvalue weighted by Crippen LogP contribution is 2.11. The molecule has 1 saturated heterocycles. The fraction of sp³-hybridized carbons (Fsp3) is 0.450. The molecule has 158 valence electrons. The summed E-state index contributed by atoms with van der Waals surface area (Å²) in [6.45, 7) is 8.38. The summed E-state index contributed by atoms with van der Waals surface area (Å²) in [5, 5.41) is 8.95. The van der Waals surface area contributed by atoms with Crippen LogP contribution in [0.3, 0.4) is 0 Å². The second kappa shape index (κ2) is 8.23. The molecule has 0 atom stereocenters. The molecule has 0 radical (unpaired) electrons. The van der Waals surface area contributed by atoms with Crippen LogP contribution in [0.4, 0.5) is 5.82 Å². The Balaban J connectivity index is 1.38. The molecule has 0 spiro atoms. The van der Waals surface area contributed by atoms with Gasteiger partial charge in [0, 0.05) is 57.6 Å². The number of nitrogens with zero attached hydrogens (tertiary/aromatic N) is 8. The molecule has 10 nitrogen and oxygen atoms in total. The van der Waals surface area contributed by atoms with Gasteiger partial charge in [-0.1, -0.05) is 0 Å². The molecule has 3 aromatic rings. The fourth-order valence-corrected chi connectivity index (χ4v) is 3.63. The summed E-state index contributed by atoms with van der Waals surface area (Å²) in [4.78, 5) is 32.9. The molecule has 0 aliphatic carbocycles. The molecule has 30 heavy (non-hydrogen) atoms. The Hall–Kier alpha value is -3.27. The van der Waals surface area contributed by atoms with E-state index in [1.165, 1.54) is 15.3 Å². The third kappa shape index (κ3) is 4.18. The van der Waals surface area contributed by atoms with E-state index in [4.69, 9.17) is 0 Å². The first kappa shape index (κ1) is 20.0. The normalized spacial score (nSPS) is 15.0. The van der Waals surface area contributed by atoms with E-state index in [1.54, 1.807) is 30.2 Å². The molecule has 3 aromatic heterocycles. The second-order valence-electron chi connectivity index (χ2n) is 7.62. The molecule has 1 aliphatic heterocycles. The summed E-state index contributed by atoms with van der Waals surface area (Å²) >= 11 is 0. The van der Waals surface area contributed by atoms with E-state index in [-0.39, 0.29) is 11.1 Å². The van der Waals surface area contributed by atoms with Crippen molar-refractivity contribution in [3.63, 3.8) is 0 Å². The van der Waals surface area contributed by atoms with E-state index in [0.29, 0.717) is 18.2 Å². The van der Waals surface area contributed by atoms with Crippen molar-refractivity contribution in [3.05, 3.63) is 62.7 Å². The molecular weight excluding hydrogens is 384 g/mol. The molecule has 1 aliphatic rings. The van der Waals surface area contributed by atoms with Crippen molar-refractivity contribution < 1.29 is 0 Å². The minimum atomic E-state index is -0.122. The van der Waals surface area contributed by atoms with Crippen molar-refractivity contribution in [2.24, 2.45) is 7.05 Å². The van der Waals surface area contributed by atoms with Crippen LogP contribution < -0.4 is 16.0 Å². The fourth-order valence-electron chi connectivity index (χ4n) is 3.63. The van der Waals surface area contributed by atoms with Crippen molar-refractivity contribution in [2.45, 2.75) is 20.4 Å². The van der Waals surface area contributed by atoms with Crippen molar-refractivity contribution in [3.8, 4) is 5.82 Å². The van der Waals surface area contributed by atoms with Crippen LogP contribution in [0.2, 0.25) is 0 Å². The number of aromatic nitrogens is 6. The SMILES string of the molecule is Cc1cc(C)n(-c2ccc(=O)n(CCN3CCN(c4cc(=O)n(C)cn4)CC3)n2)n1. The van der Waals surface area contributed by atoms with Gasteiger partial charge < -0.3 is 9.47 Å². The number of hydrogen-bond donors (Lipinski definition) is 0. The van der Waals surface area contributed by atoms with Gasteiger partial charge in [0.25, 0.3) is 11.1 Å². The average molecular weight is 410 g/mol. The number of rotatable bonds is 5. The Morgan fingerprint density at radius 2 is 1.67 bits per heavy atom. The number of anilines is 1. The lowest BCUT2D eigenvalue weighted by Crippen LogP contribution is -2.48. The molecule has 4 rings (SSSR count). The van der Waals surface area contributed by atoms with Gasteiger partial charge in [-0.25, -0.2) is 14.3 Å². The van der Waals surface area contributed by atoms with Crippen LogP contribution in [0.1, 0.15) is 11.4 Å². The first-order valence-electron chi connectivity index (χ1n) is 10.0. The molecule has 0 N–H and O–H groups in total. The lowest BCUT2D eigenvalue weighted by atomic mass is 10.3. The maximum absolute atomic E-state index is 12.3. The third-order valence-electron chi connectivity index (χ3n) is 5.37. The summed E-state index contributed by atoms with van der Waals surface area (Å²) < 4.78 is 4.71. The summed E-state index contributed by atoms with van der Waals surface area (Å²) in [5.41, 5.74) is 1.71. The minimum Gasteiger partial charge on any atom is -0.354 e. The summed E-state index contributed by atoms with van der Waals surface area (Å²) in [6.07, 6.45) is 1.55. The topological polar surface area (TPSA) is 94.1 Å². The Morgan fingerprint density at radius 3 is 2.33 bits per heavy atom. The van der Waals surface area contributed by atoms with Crippen molar-refractivity contribution in [1.29, 1.82) is 0 Å². The van der Waals surface area contributed by atoms with E-state index in [9.17, 15) is 9.59 Å². The zero-order valence-corrected chi connectivity index (χ0v) is 17.5. The molecule has 0 saturated carbocycles. The smallest absolute Gasteiger partial charge is 0.266 e. The highest BCUT2D eigenvalue weighted by atomic mass is 16.1. The van der Waals surface area contributed by atoms with Gasteiger partial charge in [0.05, 0.1) is 18.6 Å². The van der Waals surface area contributed by atoms with Gasteiger partial charge in [-0.2, -0.15) is 5.10 Å². The maximum Gasteiger partial charge on any atom is 0.266 e. The molecule has 10 heteroatoms. The third-order valence-corrected chi connectivity index (χ3v) is 5.37. The first-order valence-corrected chi connectivity index (χ1v) is 10.0. The molecule has 0 bridgehead atoms. The van der Waals surface area contributed by atoms with Gasteiger partial charge in [0.2, 0.25) is 0 Å². The number of hydrogen-bond acceptors (Lipinski definition) is 7. The minimum absolute atomic E-state index is 0.0598. The van der Waals surface area contributed by atoms with E-state index < -0.39 is 0 Å². The van der Waals surface area contributed by atoms with Gasteiger partial charge in [-0.15, -0.1) is 5.10 Å². The Labute approximate surface area is 174 Å². The van der Waals surface area contributed by atoms with Crippen LogP contribution in [0.5, 0.6) is 0 Å². The number of piperazine rings is 1. The summed E-state index contributed by atoms with van der Waals surface area (Å²) in [7, 11) is 1.69. The summed E-state index contributed by atoms with van der Waals surface area (Å²) in [6, 6.07) is 6.80.